The molecule has 0 amide bonds. The van der Waals surface area contributed by atoms with Gasteiger partial charge in [-0.15, -0.1) is 0 Å². The van der Waals surface area contributed by atoms with Gasteiger partial charge in [0.15, 0.2) is 0 Å². The zero-order valence-corrected chi connectivity index (χ0v) is 13.3. The van der Waals surface area contributed by atoms with Gasteiger partial charge in [0, 0.05) is 5.57 Å². The fourth-order valence-electron chi connectivity index (χ4n) is 2.78. The van der Waals surface area contributed by atoms with E-state index in [1.54, 1.807) is 6.92 Å². The smallest absolute Gasteiger partial charge is 0.333 e. The van der Waals surface area contributed by atoms with Crippen molar-refractivity contribution >= 4 is 27.5 Å². The van der Waals surface area contributed by atoms with E-state index >= 15 is 0 Å². The lowest BCUT2D eigenvalue weighted by Gasteiger charge is -2.07. The molecule has 0 radical (unpaired) electrons. The number of ether oxygens (including phenoxy) is 1. The van der Waals surface area contributed by atoms with Crippen molar-refractivity contribution in [2.24, 2.45) is 0 Å². The molecule has 0 saturated heterocycles. The zero-order chi connectivity index (χ0) is 16.2. The summed E-state index contributed by atoms with van der Waals surface area (Å²) in [6.07, 6.45) is 1.71. The summed E-state index contributed by atoms with van der Waals surface area (Å²) in [6.45, 7) is 5.67. The molecule has 0 fully saturated rings. The van der Waals surface area contributed by atoms with E-state index in [1.165, 1.54) is 27.1 Å². The van der Waals surface area contributed by atoms with E-state index < -0.39 is 0 Å². The van der Waals surface area contributed by atoms with E-state index in [9.17, 15) is 4.79 Å². The van der Waals surface area contributed by atoms with Crippen LogP contribution in [0.4, 0.5) is 0 Å². The standard InChI is InChI=1S/C21H20O2/c1-15(2)21(22)23-13-5-6-16-9-12-20-18(14-16)11-10-17-7-3-4-8-19(17)20/h3-4,7-12,14H,1,5-6,13H2,2H3. The Morgan fingerprint density at radius 3 is 2.57 bits per heavy atom. The van der Waals surface area contributed by atoms with Gasteiger partial charge >= 0.3 is 5.97 Å². The molecule has 0 spiro atoms. The monoisotopic (exact) mass is 304 g/mol. The molecule has 0 bridgehead atoms. The van der Waals surface area contributed by atoms with Crippen LogP contribution >= 0.6 is 0 Å². The molecule has 0 N–H and O–H groups in total. The first-order chi connectivity index (χ1) is 11.1. The van der Waals surface area contributed by atoms with Gasteiger partial charge in [-0.1, -0.05) is 61.2 Å². The highest BCUT2D eigenvalue weighted by atomic mass is 16.5. The Balaban J connectivity index is 1.72. The van der Waals surface area contributed by atoms with Crippen molar-refractivity contribution in [2.75, 3.05) is 6.61 Å². The second-order valence-corrected chi connectivity index (χ2v) is 5.86. The summed E-state index contributed by atoms with van der Waals surface area (Å²) in [7, 11) is 0. The summed E-state index contributed by atoms with van der Waals surface area (Å²) in [5, 5.41) is 5.08. The van der Waals surface area contributed by atoms with E-state index in [2.05, 4.69) is 61.2 Å². The highest BCUT2D eigenvalue weighted by molar-refractivity contribution is 6.07. The molecule has 0 aliphatic carbocycles. The van der Waals surface area contributed by atoms with Crippen molar-refractivity contribution in [3.05, 3.63) is 72.3 Å². The van der Waals surface area contributed by atoms with Crippen LogP contribution in [-0.2, 0) is 16.0 Å². The van der Waals surface area contributed by atoms with Crippen LogP contribution in [0.25, 0.3) is 21.5 Å². The minimum atomic E-state index is -0.310. The van der Waals surface area contributed by atoms with Crippen LogP contribution in [0.1, 0.15) is 18.9 Å². The van der Waals surface area contributed by atoms with Gasteiger partial charge < -0.3 is 4.74 Å². The number of benzene rings is 3. The maximum atomic E-state index is 11.3. The van der Waals surface area contributed by atoms with Crippen LogP contribution in [0.15, 0.2) is 66.7 Å². The summed E-state index contributed by atoms with van der Waals surface area (Å²) in [5.74, 6) is -0.310. The molecule has 0 atom stereocenters. The Labute approximate surface area is 136 Å². The largest absolute Gasteiger partial charge is 0.462 e. The normalized spacial score (nSPS) is 10.8. The first-order valence-corrected chi connectivity index (χ1v) is 7.88. The maximum Gasteiger partial charge on any atom is 0.333 e. The van der Waals surface area contributed by atoms with Gasteiger partial charge in [-0.25, -0.2) is 4.79 Å². The number of esters is 1. The van der Waals surface area contributed by atoms with Crippen molar-refractivity contribution in [3.8, 4) is 0 Å². The summed E-state index contributed by atoms with van der Waals surface area (Å²) in [6, 6.07) is 19.3. The third-order valence-corrected chi connectivity index (χ3v) is 4.00. The SMILES string of the molecule is C=C(C)C(=O)OCCCc1ccc2c(ccc3ccccc32)c1. The van der Waals surface area contributed by atoms with Crippen LogP contribution in [0.2, 0.25) is 0 Å². The highest BCUT2D eigenvalue weighted by Crippen LogP contribution is 2.26. The number of carbonyl (C=O) groups is 1. The van der Waals surface area contributed by atoms with Crippen molar-refractivity contribution in [1.82, 2.24) is 0 Å². The maximum absolute atomic E-state index is 11.3. The summed E-state index contributed by atoms with van der Waals surface area (Å²) in [5.41, 5.74) is 1.71. The first-order valence-electron chi connectivity index (χ1n) is 7.88. The fraction of sp³-hybridized carbons (Fsp3) is 0.190. The van der Waals surface area contributed by atoms with Crippen LogP contribution in [0, 0.1) is 0 Å². The first kappa shape index (κ1) is 15.3. The van der Waals surface area contributed by atoms with Crippen LogP contribution in [0.3, 0.4) is 0 Å². The van der Waals surface area contributed by atoms with Gasteiger partial charge in [0.25, 0.3) is 0 Å². The molecule has 3 aromatic rings. The molecule has 0 aromatic heterocycles. The molecular weight excluding hydrogens is 284 g/mol. The van der Waals surface area contributed by atoms with E-state index in [0.29, 0.717) is 12.2 Å². The predicted molar refractivity (Wildman–Crippen MR) is 95.5 cm³/mol. The molecule has 0 unspecified atom stereocenters. The molecule has 0 saturated carbocycles. The van der Waals surface area contributed by atoms with E-state index in [-0.39, 0.29) is 5.97 Å². The number of carbonyl (C=O) groups excluding carboxylic acids is 1. The Bertz CT molecular complexity index is 877. The molecule has 3 aromatic carbocycles. The van der Waals surface area contributed by atoms with Gasteiger partial charge in [0.1, 0.15) is 0 Å². The lowest BCUT2D eigenvalue weighted by atomic mass is 9.99. The predicted octanol–water partition coefficient (Wildman–Crippen LogP) is 5.04. The fourth-order valence-corrected chi connectivity index (χ4v) is 2.78. The number of hydrogen-bond donors (Lipinski definition) is 0. The average Bonchev–Trinajstić information content (AvgIpc) is 2.58. The van der Waals surface area contributed by atoms with Gasteiger partial charge in [0.2, 0.25) is 0 Å². The Morgan fingerprint density at radius 1 is 1.00 bits per heavy atom. The third kappa shape index (κ3) is 3.42. The van der Waals surface area contributed by atoms with E-state index in [4.69, 9.17) is 4.74 Å². The highest BCUT2D eigenvalue weighted by Gasteiger charge is 2.04. The quantitative estimate of drug-likeness (QED) is 0.285. The second-order valence-electron chi connectivity index (χ2n) is 5.86. The summed E-state index contributed by atoms with van der Waals surface area (Å²) < 4.78 is 5.13. The molecule has 116 valence electrons. The second kappa shape index (κ2) is 6.66. The average molecular weight is 304 g/mol. The van der Waals surface area contributed by atoms with Gasteiger partial charge in [-0.3, -0.25) is 0 Å². The topological polar surface area (TPSA) is 26.3 Å². The van der Waals surface area contributed by atoms with Gasteiger partial charge in [0.05, 0.1) is 6.61 Å². The number of fused-ring (bicyclic) bond motifs is 3. The van der Waals surface area contributed by atoms with Crippen LogP contribution in [0.5, 0.6) is 0 Å². The Hall–Kier alpha value is -2.61. The summed E-state index contributed by atoms with van der Waals surface area (Å²) in [4.78, 5) is 11.3. The van der Waals surface area contributed by atoms with Crippen molar-refractivity contribution in [1.29, 1.82) is 0 Å². The molecular formula is C21H20O2. The van der Waals surface area contributed by atoms with Crippen LogP contribution < -0.4 is 0 Å². The molecule has 0 aliphatic heterocycles. The number of hydrogen-bond acceptors (Lipinski definition) is 2. The molecule has 2 heteroatoms. The zero-order valence-electron chi connectivity index (χ0n) is 13.3. The minimum absolute atomic E-state index is 0.310. The lowest BCUT2D eigenvalue weighted by Crippen LogP contribution is -2.06. The molecule has 3 rings (SSSR count). The molecule has 0 heterocycles. The number of rotatable bonds is 5. The molecule has 0 aliphatic rings. The van der Waals surface area contributed by atoms with Crippen molar-refractivity contribution in [2.45, 2.75) is 19.8 Å². The van der Waals surface area contributed by atoms with Crippen molar-refractivity contribution < 1.29 is 9.53 Å². The Kier molecular flexibility index (Phi) is 4.42. The molecule has 23 heavy (non-hydrogen) atoms. The van der Waals surface area contributed by atoms with Gasteiger partial charge in [-0.2, -0.15) is 0 Å². The van der Waals surface area contributed by atoms with Gasteiger partial charge in [-0.05, 0) is 46.9 Å². The minimum Gasteiger partial charge on any atom is -0.462 e. The van der Waals surface area contributed by atoms with Crippen LogP contribution in [-0.4, -0.2) is 12.6 Å². The van der Waals surface area contributed by atoms with Crippen molar-refractivity contribution in [3.63, 3.8) is 0 Å². The Morgan fingerprint density at radius 2 is 1.74 bits per heavy atom. The number of aryl methyl sites for hydroxylation is 1. The van der Waals surface area contributed by atoms with E-state index in [0.717, 1.165) is 12.8 Å². The summed E-state index contributed by atoms with van der Waals surface area (Å²) >= 11 is 0. The lowest BCUT2D eigenvalue weighted by molar-refractivity contribution is -0.139. The van der Waals surface area contributed by atoms with E-state index in [1.807, 2.05) is 0 Å². The molecule has 2 nitrogen and oxygen atoms in total. The third-order valence-electron chi connectivity index (χ3n) is 4.00.